The van der Waals surface area contributed by atoms with E-state index in [1.54, 1.807) is 20.8 Å². The number of carboxylic acids is 1. The van der Waals surface area contributed by atoms with Gasteiger partial charge in [-0.15, -0.1) is 0 Å². The lowest BCUT2D eigenvalue weighted by atomic mass is 10.2. The highest BCUT2D eigenvalue weighted by atomic mass is 16.4. The maximum Gasteiger partial charge on any atom is 0.303 e. The van der Waals surface area contributed by atoms with Gasteiger partial charge in [-0.3, -0.25) is 4.79 Å². The first-order valence-electron chi connectivity index (χ1n) is 6.52. The molecule has 0 bridgehead atoms. The van der Waals surface area contributed by atoms with Crippen LogP contribution in [-0.4, -0.2) is 22.6 Å². The van der Waals surface area contributed by atoms with Crippen molar-refractivity contribution in [3.63, 3.8) is 0 Å². The fourth-order valence-electron chi connectivity index (χ4n) is 0.778. The standard InChI is InChI=1S/C6H12O.C5H10O.C3H6O2/c1-3-4-5-6(2)7;1-3-4-5(2)6;1-2-3(4)5/h3-5H2,1-2H3;3-4H2,1-2H3;2H2,1H3,(H,4,5). The van der Waals surface area contributed by atoms with Gasteiger partial charge in [0, 0.05) is 19.3 Å². The molecule has 0 fully saturated rings. The van der Waals surface area contributed by atoms with Gasteiger partial charge >= 0.3 is 5.97 Å². The molecule has 0 rings (SSSR count). The number of aliphatic carboxylic acids is 1. The number of hydrogen-bond acceptors (Lipinski definition) is 3. The van der Waals surface area contributed by atoms with Crippen LogP contribution in [-0.2, 0) is 14.4 Å². The van der Waals surface area contributed by atoms with Crippen LogP contribution in [0, 0.1) is 0 Å². The molecular formula is C14H28O4. The predicted octanol–water partition coefficient (Wildman–Crippen LogP) is 3.62. The van der Waals surface area contributed by atoms with Crippen LogP contribution in [0.15, 0.2) is 0 Å². The van der Waals surface area contributed by atoms with Crippen molar-refractivity contribution in [2.45, 2.75) is 73.1 Å². The molecule has 0 heterocycles. The second-order valence-corrected chi connectivity index (χ2v) is 4.00. The first-order valence-corrected chi connectivity index (χ1v) is 6.52. The number of ketones is 2. The molecule has 0 saturated carbocycles. The van der Waals surface area contributed by atoms with Crippen LogP contribution >= 0.6 is 0 Å². The van der Waals surface area contributed by atoms with E-state index in [1.807, 2.05) is 6.92 Å². The van der Waals surface area contributed by atoms with Crippen LogP contribution in [0.2, 0.25) is 0 Å². The number of carbonyl (C=O) groups excluding carboxylic acids is 2. The summed E-state index contributed by atoms with van der Waals surface area (Å²) < 4.78 is 0. The minimum Gasteiger partial charge on any atom is -0.481 e. The topological polar surface area (TPSA) is 71.4 Å². The van der Waals surface area contributed by atoms with E-state index in [2.05, 4.69) is 6.92 Å². The Morgan fingerprint density at radius 1 is 0.833 bits per heavy atom. The smallest absolute Gasteiger partial charge is 0.303 e. The predicted molar refractivity (Wildman–Crippen MR) is 73.7 cm³/mol. The summed E-state index contributed by atoms with van der Waals surface area (Å²) in [5.41, 5.74) is 0. The fraction of sp³-hybridized carbons (Fsp3) is 0.786. The van der Waals surface area contributed by atoms with Gasteiger partial charge in [0.05, 0.1) is 0 Å². The number of rotatable bonds is 6. The van der Waals surface area contributed by atoms with Crippen molar-refractivity contribution >= 4 is 17.5 Å². The zero-order chi connectivity index (χ0) is 15.0. The largest absolute Gasteiger partial charge is 0.481 e. The molecule has 0 aromatic rings. The minimum absolute atomic E-state index is 0.222. The second-order valence-electron chi connectivity index (χ2n) is 4.00. The summed E-state index contributed by atoms with van der Waals surface area (Å²) in [4.78, 5) is 29.6. The Bertz CT molecular complexity index is 222. The van der Waals surface area contributed by atoms with Crippen molar-refractivity contribution < 1.29 is 19.5 Å². The molecule has 0 spiro atoms. The minimum atomic E-state index is -0.745. The molecule has 0 unspecified atom stereocenters. The molecule has 0 saturated heterocycles. The molecule has 4 heteroatoms. The van der Waals surface area contributed by atoms with Gasteiger partial charge in [0.25, 0.3) is 0 Å². The first kappa shape index (κ1) is 22.0. The van der Waals surface area contributed by atoms with E-state index < -0.39 is 5.97 Å². The third kappa shape index (κ3) is 46.3. The van der Waals surface area contributed by atoms with Crippen LogP contribution in [0.4, 0.5) is 0 Å². The number of hydrogen-bond donors (Lipinski definition) is 1. The highest BCUT2D eigenvalue weighted by Gasteiger charge is 1.87. The zero-order valence-electron chi connectivity index (χ0n) is 12.4. The molecule has 0 aliphatic carbocycles. The maximum absolute atomic E-state index is 10.2. The van der Waals surface area contributed by atoms with E-state index >= 15 is 0 Å². The summed E-state index contributed by atoms with van der Waals surface area (Å²) in [6.07, 6.45) is 4.88. The lowest BCUT2D eigenvalue weighted by molar-refractivity contribution is -0.136. The lowest BCUT2D eigenvalue weighted by Gasteiger charge is -1.86. The molecule has 18 heavy (non-hydrogen) atoms. The van der Waals surface area contributed by atoms with E-state index in [0.717, 1.165) is 32.1 Å². The normalized spacial score (nSPS) is 8.28. The van der Waals surface area contributed by atoms with Crippen molar-refractivity contribution in [3.8, 4) is 0 Å². The van der Waals surface area contributed by atoms with Gasteiger partial charge in [-0.05, 0) is 26.7 Å². The third-order valence-electron chi connectivity index (χ3n) is 1.79. The fourth-order valence-corrected chi connectivity index (χ4v) is 0.778. The molecule has 1 N–H and O–H groups in total. The Morgan fingerprint density at radius 3 is 1.28 bits per heavy atom. The summed E-state index contributed by atoms with van der Waals surface area (Å²) in [5.74, 6) is -0.149. The van der Waals surface area contributed by atoms with Gasteiger partial charge in [0.15, 0.2) is 0 Å². The van der Waals surface area contributed by atoms with Crippen molar-refractivity contribution in [1.82, 2.24) is 0 Å². The monoisotopic (exact) mass is 260 g/mol. The highest BCUT2D eigenvalue weighted by molar-refractivity contribution is 5.75. The van der Waals surface area contributed by atoms with Crippen LogP contribution in [0.1, 0.15) is 73.1 Å². The average Bonchev–Trinajstić information content (AvgIpc) is 2.27. The Kier molecular flexibility index (Phi) is 22.3. The maximum atomic E-state index is 10.2. The van der Waals surface area contributed by atoms with E-state index in [4.69, 9.17) is 5.11 Å². The van der Waals surface area contributed by atoms with E-state index in [9.17, 15) is 14.4 Å². The molecule has 0 aliphatic rings. The molecule has 108 valence electrons. The van der Waals surface area contributed by atoms with Gasteiger partial charge in [-0.25, -0.2) is 0 Å². The molecule has 0 aromatic carbocycles. The van der Waals surface area contributed by atoms with Gasteiger partial charge in [-0.1, -0.05) is 27.2 Å². The molecule has 0 radical (unpaired) electrons. The van der Waals surface area contributed by atoms with Crippen molar-refractivity contribution in [1.29, 1.82) is 0 Å². The highest BCUT2D eigenvalue weighted by Crippen LogP contribution is 1.92. The van der Waals surface area contributed by atoms with Crippen LogP contribution in [0.3, 0.4) is 0 Å². The Labute approximate surface area is 111 Å². The quantitative estimate of drug-likeness (QED) is 0.791. The van der Waals surface area contributed by atoms with Crippen LogP contribution < -0.4 is 0 Å². The summed E-state index contributed by atoms with van der Waals surface area (Å²) >= 11 is 0. The van der Waals surface area contributed by atoms with Gasteiger partial charge in [0.2, 0.25) is 0 Å². The lowest BCUT2D eigenvalue weighted by Crippen LogP contribution is -1.86. The Balaban J connectivity index is -0.000000190. The Morgan fingerprint density at radius 2 is 1.22 bits per heavy atom. The van der Waals surface area contributed by atoms with Crippen LogP contribution in [0.5, 0.6) is 0 Å². The molecule has 0 aliphatic heterocycles. The molecule has 0 amide bonds. The van der Waals surface area contributed by atoms with Crippen molar-refractivity contribution in [2.75, 3.05) is 0 Å². The van der Waals surface area contributed by atoms with Crippen molar-refractivity contribution in [2.24, 2.45) is 0 Å². The summed E-state index contributed by atoms with van der Waals surface area (Å²) in [6, 6.07) is 0. The number of unbranched alkanes of at least 4 members (excludes halogenated alkanes) is 1. The third-order valence-corrected chi connectivity index (χ3v) is 1.79. The second kappa shape index (κ2) is 18.2. The number of carboxylic acid groups (broad SMARTS) is 1. The average molecular weight is 260 g/mol. The summed E-state index contributed by atoms with van der Waals surface area (Å²) in [7, 11) is 0. The van der Waals surface area contributed by atoms with E-state index in [1.165, 1.54) is 0 Å². The zero-order valence-corrected chi connectivity index (χ0v) is 12.4. The summed E-state index contributed by atoms with van der Waals surface area (Å²) in [6.45, 7) is 8.94. The van der Waals surface area contributed by atoms with Gasteiger partial charge in [-0.2, -0.15) is 0 Å². The molecule has 0 atom stereocenters. The molecular weight excluding hydrogens is 232 g/mol. The Hall–Kier alpha value is -1.19. The molecule has 4 nitrogen and oxygen atoms in total. The SMILES string of the molecule is CCC(=O)O.CCCC(C)=O.CCCCC(C)=O. The van der Waals surface area contributed by atoms with E-state index in [-0.39, 0.29) is 12.2 Å². The van der Waals surface area contributed by atoms with E-state index in [0.29, 0.717) is 5.78 Å². The van der Waals surface area contributed by atoms with Gasteiger partial charge in [0.1, 0.15) is 11.6 Å². The van der Waals surface area contributed by atoms with Crippen molar-refractivity contribution in [3.05, 3.63) is 0 Å². The molecule has 0 aromatic heterocycles. The summed E-state index contributed by atoms with van der Waals surface area (Å²) in [5, 5.41) is 7.72. The number of Topliss-reactive ketones (excluding diaryl/α,β-unsaturated/α-hetero) is 2. The first-order chi connectivity index (χ1) is 8.31. The van der Waals surface area contributed by atoms with Crippen LogP contribution in [0.25, 0.3) is 0 Å². The van der Waals surface area contributed by atoms with Gasteiger partial charge < -0.3 is 14.7 Å². The number of carbonyl (C=O) groups is 3.